The van der Waals surface area contributed by atoms with Gasteiger partial charge in [-0.2, -0.15) is 13.2 Å². The van der Waals surface area contributed by atoms with Crippen molar-refractivity contribution in [2.75, 3.05) is 14.2 Å². The predicted molar refractivity (Wildman–Crippen MR) is 52.1 cm³/mol. The number of hydrogen-bond donors (Lipinski definition) is 0. The van der Waals surface area contributed by atoms with Crippen LogP contribution in [0.25, 0.3) is 0 Å². The molecular formula is C10H8F5NO3. The van der Waals surface area contributed by atoms with E-state index >= 15 is 0 Å². The maximum atomic E-state index is 12.7. The molecule has 1 aromatic heterocycles. The molecule has 0 aromatic carbocycles. The van der Waals surface area contributed by atoms with Crippen molar-refractivity contribution < 1.29 is 36.2 Å². The molecule has 0 saturated carbocycles. The van der Waals surface area contributed by atoms with Gasteiger partial charge >= 0.3 is 12.1 Å². The molecule has 0 aliphatic rings. The average molecular weight is 285 g/mol. The fourth-order valence-electron chi connectivity index (χ4n) is 1.34. The number of pyridine rings is 1. The van der Waals surface area contributed by atoms with Gasteiger partial charge < -0.3 is 9.47 Å². The van der Waals surface area contributed by atoms with Crippen LogP contribution in [0.4, 0.5) is 22.0 Å². The van der Waals surface area contributed by atoms with Crippen LogP contribution in [0.2, 0.25) is 0 Å². The Morgan fingerprint density at radius 2 is 1.89 bits per heavy atom. The third-order valence-electron chi connectivity index (χ3n) is 2.11. The number of nitrogens with zero attached hydrogens (tertiary/aromatic N) is 1. The summed E-state index contributed by atoms with van der Waals surface area (Å²) < 4.78 is 72.0. The quantitative estimate of drug-likeness (QED) is 0.633. The van der Waals surface area contributed by atoms with E-state index in [1.807, 2.05) is 0 Å². The Hall–Kier alpha value is -1.93. The van der Waals surface area contributed by atoms with Crippen molar-refractivity contribution in [3.63, 3.8) is 0 Å². The van der Waals surface area contributed by atoms with Crippen LogP contribution in [0.5, 0.6) is 5.75 Å². The molecule has 0 aliphatic carbocycles. The summed E-state index contributed by atoms with van der Waals surface area (Å²) in [6.45, 7) is 0. The zero-order chi connectivity index (χ0) is 14.8. The summed E-state index contributed by atoms with van der Waals surface area (Å²) in [5, 5.41) is 0. The molecule has 0 radical (unpaired) electrons. The highest BCUT2D eigenvalue weighted by Gasteiger charge is 2.38. The Bertz CT molecular complexity index is 487. The summed E-state index contributed by atoms with van der Waals surface area (Å²) in [6.07, 6.45) is -8.30. The molecule has 0 bridgehead atoms. The second-order valence-corrected chi connectivity index (χ2v) is 3.26. The van der Waals surface area contributed by atoms with E-state index in [1.54, 1.807) is 0 Å². The van der Waals surface area contributed by atoms with Crippen LogP contribution < -0.4 is 4.74 Å². The topological polar surface area (TPSA) is 48.4 Å². The minimum Gasteiger partial charge on any atom is -0.494 e. The summed E-state index contributed by atoms with van der Waals surface area (Å²) in [7, 11) is 1.69. The van der Waals surface area contributed by atoms with E-state index in [2.05, 4.69) is 14.5 Å². The van der Waals surface area contributed by atoms with Crippen LogP contribution in [-0.4, -0.2) is 25.2 Å². The van der Waals surface area contributed by atoms with Crippen molar-refractivity contribution in [3.05, 3.63) is 23.0 Å². The van der Waals surface area contributed by atoms with Crippen LogP contribution >= 0.6 is 0 Å². The summed E-state index contributed by atoms with van der Waals surface area (Å²) in [5.41, 5.74) is -3.65. The van der Waals surface area contributed by atoms with Gasteiger partial charge in [0.1, 0.15) is 17.0 Å². The van der Waals surface area contributed by atoms with Gasteiger partial charge in [0.2, 0.25) is 0 Å². The number of alkyl halides is 5. The molecule has 1 rings (SSSR count). The van der Waals surface area contributed by atoms with Gasteiger partial charge in [0.15, 0.2) is 5.75 Å². The summed E-state index contributed by atoms with van der Waals surface area (Å²) in [6, 6.07) is 0.302. The molecule has 106 valence electrons. The van der Waals surface area contributed by atoms with Crippen LogP contribution in [0, 0.1) is 0 Å². The first-order chi connectivity index (χ1) is 8.72. The third-order valence-corrected chi connectivity index (χ3v) is 2.11. The van der Waals surface area contributed by atoms with Crippen molar-refractivity contribution in [1.29, 1.82) is 0 Å². The Morgan fingerprint density at radius 3 is 2.26 bits per heavy atom. The van der Waals surface area contributed by atoms with E-state index < -0.39 is 41.3 Å². The maximum absolute atomic E-state index is 12.7. The van der Waals surface area contributed by atoms with E-state index in [-0.39, 0.29) is 0 Å². The lowest BCUT2D eigenvalue weighted by Gasteiger charge is -2.15. The third kappa shape index (κ3) is 3.09. The molecule has 0 saturated heterocycles. The fourth-order valence-corrected chi connectivity index (χ4v) is 1.34. The number of methoxy groups -OCH3 is 2. The summed E-state index contributed by atoms with van der Waals surface area (Å²) in [5.74, 6) is -2.37. The Morgan fingerprint density at radius 1 is 1.32 bits per heavy atom. The molecule has 0 N–H and O–H groups in total. The van der Waals surface area contributed by atoms with Crippen LogP contribution in [0.15, 0.2) is 6.07 Å². The molecule has 0 unspecified atom stereocenters. The van der Waals surface area contributed by atoms with Crippen molar-refractivity contribution >= 4 is 5.97 Å². The van der Waals surface area contributed by atoms with Gasteiger partial charge in [-0.15, -0.1) is 0 Å². The van der Waals surface area contributed by atoms with Crippen LogP contribution in [0.3, 0.4) is 0 Å². The minimum absolute atomic E-state index is 0.302. The molecule has 19 heavy (non-hydrogen) atoms. The molecular weight excluding hydrogens is 277 g/mol. The first-order valence-corrected chi connectivity index (χ1v) is 4.75. The van der Waals surface area contributed by atoms with Gasteiger partial charge in [0, 0.05) is 0 Å². The van der Waals surface area contributed by atoms with Gasteiger partial charge in [0.05, 0.1) is 14.2 Å². The molecule has 4 nitrogen and oxygen atoms in total. The van der Waals surface area contributed by atoms with Crippen molar-refractivity contribution in [1.82, 2.24) is 4.98 Å². The minimum atomic E-state index is -4.97. The maximum Gasteiger partial charge on any atom is 0.420 e. The van der Waals surface area contributed by atoms with Crippen molar-refractivity contribution in [2.24, 2.45) is 0 Å². The molecule has 9 heteroatoms. The molecule has 0 aliphatic heterocycles. The lowest BCUT2D eigenvalue weighted by Crippen LogP contribution is -2.15. The summed E-state index contributed by atoms with van der Waals surface area (Å²) in [4.78, 5) is 14.3. The Labute approximate surface area is 104 Å². The molecule has 0 amide bonds. The normalized spacial score (nSPS) is 11.6. The zero-order valence-electron chi connectivity index (χ0n) is 9.72. The van der Waals surface area contributed by atoms with Crippen molar-refractivity contribution in [2.45, 2.75) is 12.6 Å². The van der Waals surface area contributed by atoms with E-state index in [9.17, 15) is 26.7 Å². The largest absolute Gasteiger partial charge is 0.494 e. The number of rotatable bonds is 3. The van der Waals surface area contributed by atoms with E-state index in [1.165, 1.54) is 0 Å². The predicted octanol–water partition coefficient (Wildman–Crippen LogP) is 2.83. The van der Waals surface area contributed by atoms with Gasteiger partial charge in [0.25, 0.3) is 6.43 Å². The van der Waals surface area contributed by atoms with E-state index in [0.29, 0.717) is 6.07 Å². The molecule has 1 aromatic rings. The number of carbonyl (C=O) groups excluding carboxylic acids is 1. The monoisotopic (exact) mass is 285 g/mol. The molecule has 0 atom stereocenters. The zero-order valence-corrected chi connectivity index (χ0v) is 9.72. The van der Waals surface area contributed by atoms with Gasteiger partial charge in [-0.1, -0.05) is 0 Å². The highest BCUT2D eigenvalue weighted by atomic mass is 19.4. The molecule has 0 spiro atoms. The average Bonchev–Trinajstić information content (AvgIpc) is 2.34. The first-order valence-electron chi connectivity index (χ1n) is 4.75. The smallest absolute Gasteiger partial charge is 0.420 e. The number of carbonyl (C=O) groups is 1. The second kappa shape index (κ2) is 5.37. The lowest BCUT2D eigenvalue weighted by atomic mass is 10.1. The Balaban J connectivity index is 3.59. The van der Waals surface area contributed by atoms with Crippen LogP contribution in [-0.2, 0) is 10.9 Å². The van der Waals surface area contributed by atoms with E-state index in [4.69, 9.17) is 0 Å². The van der Waals surface area contributed by atoms with Gasteiger partial charge in [-0.3, -0.25) is 0 Å². The lowest BCUT2D eigenvalue weighted by molar-refractivity contribution is -0.139. The highest BCUT2D eigenvalue weighted by Crippen LogP contribution is 2.40. The number of halogens is 5. The van der Waals surface area contributed by atoms with Crippen molar-refractivity contribution in [3.8, 4) is 5.75 Å². The first kappa shape index (κ1) is 15.1. The van der Waals surface area contributed by atoms with E-state index in [0.717, 1.165) is 14.2 Å². The standard InChI is InChI=1S/C10H8F5NO3/c1-18-7-4(10(13,14)15)3-5(9(17)19-2)16-6(7)8(11)12/h3,8H,1-2H3. The second-order valence-electron chi connectivity index (χ2n) is 3.26. The number of esters is 1. The van der Waals surface area contributed by atoms with Gasteiger partial charge in [-0.05, 0) is 6.07 Å². The van der Waals surface area contributed by atoms with Gasteiger partial charge in [-0.25, -0.2) is 18.6 Å². The number of ether oxygens (including phenoxy) is 2. The summed E-state index contributed by atoms with van der Waals surface area (Å²) >= 11 is 0. The highest BCUT2D eigenvalue weighted by molar-refractivity contribution is 5.87. The molecule has 0 fully saturated rings. The number of hydrogen-bond acceptors (Lipinski definition) is 4. The SMILES string of the molecule is COC(=O)c1cc(C(F)(F)F)c(OC)c(C(F)F)n1. The molecule has 1 heterocycles. The fraction of sp³-hybridized carbons (Fsp3) is 0.400. The van der Waals surface area contributed by atoms with Crippen LogP contribution in [0.1, 0.15) is 28.2 Å². The number of aromatic nitrogens is 1. The Kier molecular flexibility index (Phi) is 4.28.